The van der Waals surface area contributed by atoms with E-state index in [1.165, 1.54) is 5.56 Å². The highest BCUT2D eigenvalue weighted by Crippen LogP contribution is 2.17. The Morgan fingerprint density at radius 3 is 2.43 bits per heavy atom. The Morgan fingerprint density at radius 1 is 1.10 bits per heavy atom. The minimum atomic E-state index is -0.0237. The zero-order valence-corrected chi connectivity index (χ0v) is 13.8. The van der Waals surface area contributed by atoms with Crippen LogP contribution in [-0.4, -0.2) is 5.91 Å². The summed E-state index contributed by atoms with van der Waals surface area (Å²) in [6, 6.07) is 15.9. The molecule has 0 heterocycles. The molecule has 0 fully saturated rings. The van der Waals surface area contributed by atoms with E-state index in [9.17, 15) is 4.79 Å². The van der Waals surface area contributed by atoms with Crippen molar-refractivity contribution in [3.8, 4) is 0 Å². The Balaban J connectivity index is 1.97. The summed E-state index contributed by atoms with van der Waals surface area (Å²) < 4.78 is 1.07. The van der Waals surface area contributed by atoms with Crippen LogP contribution >= 0.6 is 15.9 Å². The van der Waals surface area contributed by atoms with Crippen LogP contribution in [-0.2, 0) is 11.3 Å². The van der Waals surface area contributed by atoms with E-state index in [4.69, 9.17) is 0 Å². The van der Waals surface area contributed by atoms with Crippen molar-refractivity contribution in [1.29, 1.82) is 0 Å². The summed E-state index contributed by atoms with van der Waals surface area (Å²) in [5.74, 6) is 0.00411. The molecule has 0 saturated heterocycles. The van der Waals surface area contributed by atoms with Crippen molar-refractivity contribution in [2.75, 3.05) is 10.6 Å². The molecule has 110 valence electrons. The predicted octanol–water partition coefficient (Wildman–Crippen LogP) is 4.66. The number of nitrogens with one attached hydrogen (secondary N) is 2. The average Bonchev–Trinajstić information content (AvgIpc) is 2.47. The van der Waals surface area contributed by atoms with Crippen LogP contribution in [0.15, 0.2) is 53.0 Å². The highest BCUT2D eigenvalue weighted by atomic mass is 79.9. The SMILES string of the molecule is CC(C)C(=O)Nc1cccc(NCc2ccc(Br)cc2)c1. The Morgan fingerprint density at radius 2 is 1.76 bits per heavy atom. The zero-order chi connectivity index (χ0) is 15.2. The van der Waals surface area contributed by atoms with Crippen LogP contribution in [0.5, 0.6) is 0 Å². The summed E-state index contributed by atoms with van der Waals surface area (Å²) in [6.45, 7) is 4.50. The lowest BCUT2D eigenvalue weighted by Gasteiger charge is -2.11. The number of amides is 1. The molecule has 1 amide bonds. The van der Waals surface area contributed by atoms with Crippen molar-refractivity contribution < 1.29 is 4.79 Å². The van der Waals surface area contributed by atoms with Gasteiger partial charge in [-0.05, 0) is 35.9 Å². The van der Waals surface area contributed by atoms with Crippen LogP contribution < -0.4 is 10.6 Å². The Kier molecular flexibility index (Phi) is 5.39. The number of hydrogen-bond donors (Lipinski definition) is 2. The van der Waals surface area contributed by atoms with Gasteiger partial charge in [-0.3, -0.25) is 4.79 Å². The van der Waals surface area contributed by atoms with Crippen molar-refractivity contribution in [3.63, 3.8) is 0 Å². The fraction of sp³-hybridized carbons (Fsp3) is 0.235. The first-order valence-corrected chi connectivity index (χ1v) is 7.73. The second-order valence-electron chi connectivity index (χ2n) is 5.20. The van der Waals surface area contributed by atoms with E-state index in [1.807, 2.05) is 50.2 Å². The topological polar surface area (TPSA) is 41.1 Å². The minimum absolute atomic E-state index is 0.0237. The number of hydrogen-bond acceptors (Lipinski definition) is 2. The highest BCUT2D eigenvalue weighted by Gasteiger charge is 2.07. The number of halogens is 1. The van der Waals surface area contributed by atoms with Gasteiger partial charge in [-0.2, -0.15) is 0 Å². The first-order valence-electron chi connectivity index (χ1n) is 6.94. The third kappa shape index (κ3) is 4.90. The molecular weight excluding hydrogens is 328 g/mol. The summed E-state index contributed by atoms with van der Waals surface area (Å²) in [5.41, 5.74) is 3.00. The molecule has 0 aliphatic carbocycles. The third-order valence-corrected chi connectivity index (χ3v) is 3.59. The molecule has 21 heavy (non-hydrogen) atoms. The maximum Gasteiger partial charge on any atom is 0.226 e. The monoisotopic (exact) mass is 346 g/mol. The van der Waals surface area contributed by atoms with Crippen LogP contribution in [0.3, 0.4) is 0 Å². The van der Waals surface area contributed by atoms with Crippen molar-refractivity contribution in [2.24, 2.45) is 5.92 Å². The van der Waals surface area contributed by atoms with Gasteiger partial charge in [-0.15, -0.1) is 0 Å². The molecule has 0 saturated carbocycles. The van der Waals surface area contributed by atoms with E-state index in [0.29, 0.717) is 0 Å². The van der Waals surface area contributed by atoms with Crippen molar-refractivity contribution in [3.05, 3.63) is 58.6 Å². The lowest BCUT2D eigenvalue weighted by Crippen LogP contribution is -2.17. The van der Waals surface area contributed by atoms with Crippen molar-refractivity contribution in [2.45, 2.75) is 20.4 Å². The summed E-state index contributed by atoms with van der Waals surface area (Å²) in [7, 11) is 0. The van der Waals surface area contributed by atoms with Gasteiger partial charge in [0.25, 0.3) is 0 Å². The molecule has 2 aromatic rings. The van der Waals surface area contributed by atoms with Gasteiger partial charge in [0.05, 0.1) is 0 Å². The van der Waals surface area contributed by atoms with Crippen LogP contribution in [0.1, 0.15) is 19.4 Å². The van der Waals surface area contributed by atoms with Crippen LogP contribution in [0.2, 0.25) is 0 Å². The molecular formula is C17H19BrN2O. The Labute approximate surface area is 133 Å². The molecule has 2 rings (SSSR count). The lowest BCUT2D eigenvalue weighted by atomic mass is 10.2. The molecule has 0 aliphatic rings. The molecule has 4 heteroatoms. The summed E-state index contributed by atoms with van der Waals surface area (Å²) in [4.78, 5) is 11.7. The Hall–Kier alpha value is -1.81. The smallest absolute Gasteiger partial charge is 0.226 e. The summed E-state index contributed by atoms with van der Waals surface area (Å²) in [6.07, 6.45) is 0. The van der Waals surface area contributed by atoms with Gasteiger partial charge in [0.15, 0.2) is 0 Å². The van der Waals surface area contributed by atoms with E-state index in [0.717, 1.165) is 22.4 Å². The second-order valence-corrected chi connectivity index (χ2v) is 6.12. The average molecular weight is 347 g/mol. The number of benzene rings is 2. The zero-order valence-electron chi connectivity index (χ0n) is 12.2. The molecule has 0 aliphatic heterocycles. The molecule has 2 N–H and O–H groups in total. The fourth-order valence-electron chi connectivity index (χ4n) is 1.80. The molecule has 0 bridgehead atoms. The predicted molar refractivity (Wildman–Crippen MR) is 91.4 cm³/mol. The van der Waals surface area contributed by atoms with Gasteiger partial charge in [-0.1, -0.05) is 48.0 Å². The van der Waals surface area contributed by atoms with E-state index >= 15 is 0 Å². The molecule has 0 aromatic heterocycles. The van der Waals surface area contributed by atoms with Gasteiger partial charge in [0.2, 0.25) is 5.91 Å². The normalized spacial score (nSPS) is 10.5. The van der Waals surface area contributed by atoms with E-state index in [1.54, 1.807) is 0 Å². The van der Waals surface area contributed by atoms with Crippen LogP contribution in [0.25, 0.3) is 0 Å². The third-order valence-electron chi connectivity index (χ3n) is 3.06. The first-order chi connectivity index (χ1) is 10.0. The van der Waals surface area contributed by atoms with Gasteiger partial charge in [0, 0.05) is 28.3 Å². The van der Waals surface area contributed by atoms with Gasteiger partial charge in [-0.25, -0.2) is 0 Å². The number of rotatable bonds is 5. The van der Waals surface area contributed by atoms with Crippen LogP contribution in [0.4, 0.5) is 11.4 Å². The largest absolute Gasteiger partial charge is 0.381 e. The summed E-state index contributed by atoms with van der Waals surface area (Å²) >= 11 is 3.42. The fourth-order valence-corrected chi connectivity index (χ4v) is 2.06. The standard InChI is InChI=1S/C17H19BrN2O/c1-12(2)17(21)20-16-5-3-4-15(10-16)19-11-13-6-8-14(18)9-7-13/h3-10,12,19H,11H2,1-2H3,(H,20,21). The number of carbonyl (C=O) groups excluding carboxylic acids is 1. The van der Waals surface area contributed by atoms with Gasteiger partial charge in [0.1, 0.15) is 0 Å². The van der Waals surface area contributed by atoms with E-state index in [-0.39, 0.29) is 11.8 Å². The molecule has 2 aromatic carbocycles. The number of anilines is 2. The first kappa shape index (κ1) is 15.6. The minimum Gasteiger partial charge on any atom is -0.381 e. The molecule has 0 unspecified atom stereocenters. The summed E-state index contributed by atoms with van der Waals surface area (Å²) in [5, 5.41) is 6.26. The van der Waals surface area contributed by atoms with Gasteiger partial charge >= 0.3 is 0 Å². The molecule has 0 radical (unpaired) electrons. The van der Waals surface area contributed by atoms with Crippen molar-refractivity contribution >= 4 is 33.2 Å². The molecule has 0 atom stereocenters. The molecule has 0 spiro atoms. The van der Waals surface area contributed by atoms with Gasteiger partial charge < -0.3 is 10.6 Å². The second kappa shape index (κ2) is 7.27. The van der Waals surface area contributed by atoms with Crippen molar-refractivity contribution in [1.82, 2.24) is 0 Å². The quantitative estimate of drug-likeness (QED) is 0.826. The maximum atomic E-state index is 11.7. The lowest BCUT2D eigenvalue weighted by molar-refractivity contribution is -0.118. The van der Waals surface area contributed by atoms with E-state index < -0.39 is 0 Å². The Bertz CT molecular complexity index is 608. The highest BCUT2D eigenvalue weighted by molar-refractivity contribution is 9.10. The maximum absolute atomic E-state index is 11.7. The molecule has 3 nitrogen and oxygen atoms in total. The van der Waals surface area contributed by atoms with E-state index in [2.05, 4.69) is 38.7 Å². The number of carbonyl (C=O) groups is 1. The van der Waals surface area contributed by atoms with Crippen LogP contribution in [0, 0.1) is 5.92 Å².